The van der Waals surface area contributed by atoms with Crippen LogP contribution in [0.1, 0.15) is 47.0 Å². The van der Waals surface area contributed by atoms with Crippen molar-refractivity contribution in [2.75, 3.05) is 26.7 Å². The average Bonchev–Trinajstić information content (AvgIpc) is 2.15. The van der Waals surface area contributed by atoms with Gasteiger partial charge in [-0.25, -0.2) is 0 Å². The van der Waals surface area contributed by atoms with Gasteiger partial charge in [0.15, 0.2) is 0 Å². The Bertz CT molecular complexity index is 134. The van der Waals surface area contributed by atoms with E-state index in [-0.39, 0.29) is 0 Å². The summed E-state index contributed by atoms with van der Waals surface area (Å²) in [5, 5.41) is 3.45. The minimum absolute atomic E-state index is 0.675. The quantitative estimate of drug-likeness (QED) is 0.635. The third-order valence-corrected chi connectivity index (χ3v) is 2.82. The fourth-order valence-electron chi connectivity index (χ4n) is 1.71. The zero-order chi connectivity index (χ0) is 11.7. The van der Waals surface area contributed by atoms with Crippen molar-refractivity contribution in [3.8, 4) is 0 Å². The zero-order valence-corrected chi connectivity index (χ0v) is 11.3. The van der Waals surface area contributed by atoms with E-state index in [4.69, 9.17) is 0 Å². The van der Waals surface area contributed by atoms with Crippen LogP contribution in [0.3, 0.4) is 0 Å². The molecule has 0 saturated carbocycles. The second-order valence-electron chi connectivity index (χ2n) is 5.09. The van der Waals surface area contributed by atoms with Crippen molar-refractivity contribution in [2.24, 2.45) is 5.92 Å². The zero-order valence-electron chi connectivity index (χ0n) is 11.3. The lowest BCUT2D eigenvalue weighted by atomic mass is 10.1. The van der Waals surface area contributed by atoms with Gasteiger partial charge in [-0.3, -0.25) is 0 Å². The summed E-state index contributed by atoms with van der Waals surface area (Å²) in [4.78, 5) is 2.46. The van der Waals surface area contributed by atoms with Gasteiger partial charge in [-0.2, -0.15) is 0 Å². The van der Waals surface area contributed by atoms with Crippen molar-refractivity contribution in [1.29, 1.82) is 0 Å². The lowest BCUT2D eigenvalue weighted by Crippen LogP contribution is -2.28. The van der Waals surface area contributed by atoms with Crippen molar-refractivity contribution in [3.05, 3.63) is 0 Å². The van der Waals surface area contributed by atoms with E-state index < -0.39 is 0 Å². The fraction of sp³-hybridized carbons (Fsp3) is 1.00. The summed E-state index contributed by atoms with van der Waals surface area (Å²) in [5.74, 6) is 0.827. The van der Waals surface area contributed by atoms with Gasteiger partial charge in [0.2, 0.25) is 0 Å². The average molecular weight is 214 g/mol. The predicted octanol–water partition coefficient (Wildman–Crippen LogP) is 2.74. The van der Waals surface area contributed by atoms with Gasteiger partial charge >= 0.3 is 0 Å². The molecule has 0 saturated heterocycles. The first-order valence-corrected chi connectivity index (χ1v) is 6.48. The Morgan fingerprint density at radius 3 is 2.27 bits per heavy atom. The SMILES string of the molecule is CCNC(C)CCCN(C)CCC(C)C. The van der Waals surface area contributed by atoms with Crippen molar-refractivity contribution in [3.63, 3.8) is 0 Å². The van der Waals surface area contributed by atoms with E-state index in [0.717, 1.165) is 12.5 Å². The predicted molar refractivity (Wildman–Crippen MR) is 69.3 cm³/mol. The molecule has 0 aromatic rings. The lowest BCUT2D eigenvalue weighted by Gasteiger charge is -2.19. The topological polar surface area (TPSA) is 15.3 Å². The second kappa shape index (κ2) is 9.17. The lowest BCUT2D eigenvalue weighted by molar-refractivity contribution is 0.298. The third-order valence-electron chi connectivity index (χ3n) is 2.82. The smallest absolute Gasteiger partial charge is 0.00390 e. The molecular weight excluding hydrogens is 184 g/mol. The molecule has 2 nitrogen and oxygen atoms in total. The van der Waals surface area contributed by atoms with Crippen molar-refractivity contribution in [1.82, 2.24) is 10.2 Å². The van der Waals surface area contributed by atoms with Gasteiger partial charge in [0, 0.05) is 6.04 Å². The molecule has 0 spiro atoms. The van der Waals surface area contributed by atoms with Crippen LogP contribution < -0.4 is 5.32 Å². The maximum atomic E-state index is 3.45. The molecule has 1 unspecified atom stereocenters. The number of nitrogens with zero attached hydrogens (tertiary/aromatic N) is 1. The van der Waals surface area contributed by atoms with Crippen LogP contribution in [-0.2, 0) is 0 Å². The maximum Gasteiger partial charge on any atom is 0.00390 e. The largest absolute Gasteiger partial charge is 0.315 e. The second-order valence-corrected chi connectivity index (χ2v) is 5.09. The summed E-state index contributed by atoms with van der Waals surface area (Å²) in [6.45, 7) is 12.6. The van der Waals surface area contributed by atoms with Gasteiger partial charge in [0.05, 0.1) is 0 Å². The Balaban J connectivity index is 3.34. The van der Waals surface area contributed by atoms with Crippen molar-refractivity contribution >= 4 is 0 Å². The van der Waals surface area contributed by atoms with E-state index in [9.17, 15) is 0 Å². The molecule has 15 heavy (non-hydrogen) atoms. The Labute approximate surface area is 96.4 Å². The Kier molecular flexibility index (Phi) is 9.12. The molecule has 0 bridgehead atoms. The van der Waals surface area contributed by atoms with E-state index in [2.05, 4.69) is 45.0 Å². The van der Waals surface area contributed by atoms with Gasteiger partial charge in [0.25, 0.3) is 0 Å². The van der Waals surface area contributed by atoms with E-state index >= 15 is 0 Å². The van der Waals surface area contributed by atoms with Crippen LogP contribution >= 0.6 is 0 Å². The molecule has 0 heterocycles. The summed E-state index contributed by atoms with van der Waals surface area (Å²) in [6.07, 6.45) is 3.92. The van der Waals surface area contributed by atoms with Crippen LogP contribution in [0.4, 0.5) is 0 Å². The van der Waals surface area contributed by atoms with E-state index in [1.807, 2.05) is 0 Å². The Morgan fingerprint density at radius 2 is 1.73 bits per heavy atom. The molecule has 2 heteroatoms. The van der Waals surface area contributed by atoms with Gasteiger partial charge < -0.3 is 10.2 Å². The highest BCUT2D eigenvalue weighted by atomic mass is 15.1. The summed E-state index contributed by atoms with van der Waals surface area (Å²) in [7, 11) is 2.24. The van der Waals surface area contributed by atoms with Crippen LogP contribution in [0.15, 0.2) is 0 Å². The van der Waals surface area contributed by atoms with E-state index in [1.54, 1.807) is 0 Å². The summed E-state index contributed by atoms with van der Waals surface area (Å²) in [5.41, 5.74) is 0. The van der Waals surface area contributed by atoms with Gasteiger partial charge in [-0.05, 0) is 58.8 Å². The highest BCUT2D eigenvalue weighted by Crippen LogP contribution is 2.03. The molecule has 0 aliphatic carbocycles. The van der Waals surface area contributed by atoms with Gasteiger partial charge in [0.1, 0.15) is 0 Å². The first kappa shape index (κ1) is 14.9. The summed E-state index contributed by atoms with van der Waals surface area (Å²) >= 11 is 0. The molecule has 0 aromatic carbocycles. The van der Waals surface area contributed by atoms with Crippen LogP contribution in [-0.4, -0.2) is 37.6 Å². The normalized spacial score (nSPS) is 13.8. The van der Waals surface area contributed by atoms with Crippen molar-refractivity contribution in [2.45, 2.75) is 53.0 Å². The number of hydrogen-bond acceptors (Lipinski definition) is 2. The minimum Gasteiger partial charge on any atom is -0.315 e. The molecule has 92 valence electrons. The van der Waals surface area contributed by atoms with E-state index in [0.29, 0.717) is 6.04 Å². The summed E-state index contributed by atoms with van der Waals surface area (Å²) < 4.78 is 0. The number of hydrogen-bond donors (Lipinski definition) is 1. The standard InChI is InChI=1S/C13H30N2/c1-6-14-13(4)8-7-10-15(5)11-9-12(2)3/h12-14H,6-11H2,1-5H3. The first-order chi connectivity index (χ1) is 7.06. The number of nitrogens with one attached hydrogen (secondary N) is 1. The van der Waals surface area contributed by atoms with E-state index in [1.165, 1.54) is 32.4 Å². The molecule has 0 aliphatic rings. The van der Waals surface area contributed by atoms with Gasteiger partial charge in [-0.1, -0.05) is 20.8 Å². The molecule has 0 aromatic heterocycles. The Morgan fingerprint density at radius 1 is 1.07 bits per heavy atom. The van der Waals surface area contributed by atoms with Crippen LogP contribution in [0, 0.1) is 5.92 Å². The molecule has 1 N–H and O–H groups in total. The fourth-order valence-corrected chi connectivity index (χ4v) is 1.71. The molecule has 1 atom stereocenters. The molecule has 0 fully saturated rings. The minimum atomic E-state index is 0.675. The number of rotatable bonds is 9. The summed E-state index contributed by atoms with van der Waals surface area (Å²) in [6, 6.07) is 0.675. The van der Waals surface area contributed by atoms with Crippen LogP contribution in [0.2, 0.25) is 0 Å². The molecule has 0 aliphatic heterocycles. The van der Waals surface area contributed by atoms with Crippen LogP contribution in [0.25, 0.3) is 0 Å². The molecule has 0 rings (SSSR count). The third kappa shape index (κ3) is 10.2. The molecule has 0 radical (unpaired) electrons. The van der Waals surface area contributed by atoms with Gasteiger partial charge in [-0.15, -0.1) is 0 Å². The highest BCUT2D eigenvalue weighted by molar-refractivity contribution is 4.61. The van der Waals surface area contributed by atoms with Crippen LogP contribution in [0.5, 0.6) is 0 Å². The first-order valence-electron chi connectivity index (χ1n) is 6.48. The van der Waals surface area contributed by atoms with Crippen molar-refractivity contribution < 1.29 is 0 Å². The highest BCUT2D eigenvalue weighted by Gasteiger charge is 2.03. The Hall–Kier alpha value is -0.0800. The molecule has 0 amide bonds. The monoisotopic (exact) mass is 214 g/mol. The molecular formula is C13H30N2. The maximum absolute atomic E-state index is 3.45.